The van der Waals surface area contributed by atoms with Gasteiger partial charge in [-0.2, -0.15) is 0 Å². The van der Waals surface area contributed by atoms with E-state index in [2.05, 4.69) is 114 Å². The van der Waals surface area contributed by atoms with Gasteiger partial charge in [0, 0.05) is 23.0 Å². The summed E-state index contributed by atoms with van der Waals surface area (Å²) in [7, 11) is 0. The highest BCUT2D eigenvalue weighted by molar-refractivity contribution is 6.09. The Kier molecular flexibility index (Phi) is 8.14. The molecule has 0 unspecified atom stereocenters. The number of nitrogens with zero attached hydrogens (tertiary/aromatic N) is 4. The summed E-state index contributed by atoms with van der Waals surface area (Å²) < 4.78 is 102. The van der Waals surface area contributed by atoms with E-state index in [1.54, 1.807) is 22.8 Å². The van der Waals surface area contributed by atoms with Crippen LogP contribution < -0.4 is 9.30 Å². The van der Waals surface area contributed by atoms with E-state index >= 15 is 0 Å². The van der Waals surface area contributed by atoms with Gasteiger partial charge in [0.05, 0.1) is 47.1 Å². The van der Waals surface area contributed by atoms with Crippen LogP contribution in [0.5, 0.6) is 11.5 Å². The summed E-state index contributed by atoms with van der Waals surface area (Å²) in [4.78, 5) is 4.87. The van der Waals surface area contributed by atoms with Crippen LogP contribution in [0.15, 0.2) is 200 Å². The third-order valence-corrected chi connectivity index (χ3v) is 14.4. The Hall–Kier alpha value is -8.02. The van der Waals surface area contributed by atoms with Gasteiger partial charge < -0.3 is 4.74 Å². The number of para-hydroxylation sites is 2. The Bertz CT molecular complexity index is 4310. The minimum Gasteiger partial charge on any atom is -0.458 e. The molecule has 0 atom stereocenters. The maximum atomic E-state index is 9.27. The molecule has 0 N–H and O–H groups in total. The van der Waals surface area contributed by atoms with E-state index in [9.17, 15) is 5.48 Å². The largest absolute Gasteiger partial charge is 0.458 e. The monoisotopic (exact) mass is 933 g/mol. The van der Waals surface area contributed by atoms with Crippen LogP contribution in [0.4, 0.5) is 0 Å². The Labute approximate surface area is 431 Å². The quantitative estimate of drug-likeness (QED) is 0.112. The van der Waals surface area contributed by atoms with Gasteiger partial charge in [0.2, 0.25) is 0 Å². The molecule has 0 saturated carbocycles. The van der Waals surface area contributed by atoms with Crippen LogP contribution in [0.2, 0.25) is 0 Å². The summed E-state index contributed by atoms with van der Waals surface area (Å²) in [6.07, 6.45) is 7.52. The fourth-order valence-electron chi connectivity index (χ4n) is 10.5. The molecule has 3 heterocycles. The molecule has 0 saturated heterocycles. The zero-order valence-corrected chi connectivity index (χ0v) is 40.9. The van der Waals surface area contributed by atoms with Crippen LogP contribution in [0.3, 0.4) is 0 Å². The van der Waals surface area contributed by atoms with Crippen LogP contribution in [-0.4, -0.2) is 14.1 Å². The highest BCUT2D eigenvalue weighted by Crippen LogP contribution is 2.47. The normalized spacial score (nSPS) is 16.2. The maximum absolute atomic E-state index is 9.27. The Morgan fingerprint density at radius 3 is 1.96 bits per heavy atom. The van der Waals surface area contributed by atoms with Gasteiger partial charge in [-0.15, -0.1) is 0 Å². The molecule has 12 rings (SSSR count). The lowest BCUT2D eigenvalue weighted by Crippen LogP contribution is -2.33. The van der Waals surface area contributed by atoms with E-state index in [0.717, 1.165) is 57.2 Å². The summed E-state index contributed by atoms with van der Waals surface area (Å²) in [6, 6.07) is 38.5. The van der Waals surface area contributed by atoms with Gasteiger partial charge >= 0.3 is 0 Å². The Morgan fingerprint density at radius 2 is 1.23 bits per heavy atom. The highest BCUT2D eigenvalue weighted by Gasteiger charge is 2.37. The molecular weight excluding hydrogens is 865 g/mol. The molecule has 5 heteroatoms. The first kappa shape index (κ1) is 34.3. The van der Waals surface area contributed by atoms with E-state index in [0.29, 0.717) is 28.2 Å². The lowest BCUT2D eigenvalue weighted by Gasteiger charge is -2.42. The third-order valence-electron chi connectivity index (χ3n) is 14.4. The van der Waals surface area contributed by atoms with Crippen molar-refractivity contribution in [1.29, 1.82) is 0 Å². The number of hydrogen-bond acceptors (Lipinski definition) is 2. The molecule has 0 amide bonds. The molecule has 3 aromatic heterocycles. The Balaban J connectivity index is 1.09. The van der Waals surface area contributed by atoms with Gasteiger partial charge in [0.25, 0.3) is 6.33 Å². The van der Waals surface area contributed by atoms with Crippen molar-refractivity contribution >= 4 is 32.8 Å². The second-order valence-electron chi connectivity index (χ2n) is 21.0. The van der Waals surface area contributed by atoms with Gasteiger partial charge in [0.15, 0.2) is 0 Å². The number of rotatable bonds is 8. The average molecular weight is 933 g/mol. The van der Waals surface area contributed by atoms with Crippen molar-refractivity contribution < 1.29 is 23.0 Å². The number of hydrogen-bond donors (Lipinski definition) is 0. The van der Waals surface area contributed by atoms with Gasteiger partial charge in [-0.1, -0.05) is 182 Å². The minimum absolute atomic E-state index is 0.0173. The SMILES string of the molecule is [2H]c1c([2H])c([2H])c(-c2cccc(-c3c([2H])c([2H])c([2H])c([2H])c3[2H])c2-[n+]2[c-]n(-c3cccc(Oc4ccc5c6ccccc6n(-c6cc(C(C)(C)C)ccn6)c5c4)c3)c3ccc(-c4ccc5c(c4)C(C)(C)CCC5(C)C)cc32)c([2H])c1[2H]. The van der Waals surface area contributed by atoms with Crippen LogP contribution >= 0.6 is 0 Å². The molecule has 0 spiro atoms. The predicted molar refractivity (Wildman–Crippen MR) is 293 cm³/mol. The molecule has 1 aliphatic carbocycles. The summed E-state index contributed by atoms with van der Waals surface area (Å²) in [5.74, 6) is 1.89. The number of ether oxygens (including phenoxy) is 1. The summed E-state index contributed by atoms with van der Waals surface area (Å²) in [6.45, 7) is 15.7. The van der Waals surface area contributed by atoms with Gasteiger partial charge in [0.1, 0.15) is 17.3 Å². The van der Waals surface area contributed by atoms with E-state index in [1.807, 2.05) is 71.4 Å². The lowest BCUT2D eigenvalue weighted by atomic mass is 9.63. The number of imidazole rings is 1. The van der Waals surface area contributed by atoms with Crippen molar-refractivity contribution in [3.8, 4) is 62.1 Å². The summed E-state index contributed by atoms with van der Waals surface area (Å²) >= 11 is 0. The van der Waals surface area contributed by atoms with Gasteiger partial charge in [-0.25, -0.2) is 4.98 Å². The third kappa shape index (κ3) is 7.81. The van der Waals surface area contributed by atoms with Crippen molar-refractivity contribution in [1.82, 2.24) is 14.1 Å². The number of fused-ring (bicyclic) bond motifs is 5. The number of benzene rings is 8. The van der Waals surface area contributed by atoms with Gasteiger partial charge in [-0.3, -0.25) is 13.7 Å². The van der Waals surface area contributed by atoms with E-state index in [4.69, 9.17) is 17.9 Å². The predicted octanol–water partition coefficient (Wildman–Crippen LogP) is 16.6. The first-order chi connectivity index (χ1) is 38.4. The second-order valence-corrected chi connectivity index (χ2v) is 21.0. The van der Waals surface area contributed by atoms with Crippen molar-refractivity contribution in [2.45, 2.75) is 77.6 Å². The van der Waals surface area contributed by atoms with Crippen molar-refractivity contribution in [3.05, 3.63) is 223 Å². The number of aromatic nitrogens is 4. The first-order valence-electron chi connectivity index (χ1n) is 29.2. The molecule has 1 aliphatic rings. The smallest absolute Gasteiger partial charge is 0.269 e. The van der Waals surface area contributed by atoms with Crippen molar-refractivity contribution in [2.75, 3.05) is 0 Å². The van der Waals surface area contributed by atoms with E-state index < -0.39 is 60.4 Å². The molecule has 5 nitrogen and oxygen atoms in total. The standard InChI is InChI=1S/C66H58N4O/c1-64(2,3)48-34-37-67-62(40-48)70-58-27-15-14-24-54(58)55-31-30-51(42-60(55)70)71-50-23-16-22-49(41-50)68-43-69(63-52(44-18-10-8-11-19-44)25-17-26-53(63)45-20-12-9-13-21-45)61-39-47(29-33-59(61)68)46-28-32-56-57(38-46)66(6,7)36-35-65(56,4)5/h8-34,37-42H,35-36H2,1-7H3/i8D,9D,10D,11D,12D,13D,18D,19D,20D,21D. The van der Waals surface area contributed by atoms with Crippen LogP contribution in [0.1, 0.15) is 91.7 Å². The summed E-state index contributed by atoms with van der Waals surface area (Å²) in [5.41, 5.74) is 9.36. The van der Waals surface area contributed by atoms with Crippen LogP contribution in [0, 0.1) is 6.33 Å². The minimum atomic E-state index is -0.568. The average Bonchev–Trinajstić information content (AvgIpc) is 4.19. The van der Waals surface area contributed by atoms with Crippen molar-refractivity contribution in [2.24, 2.45) is 0 Å². The number of pyridine rings is 1. The zero-order valence-electron chi connectivity index (χ0n) is 50.9. The van der Waals surface area contributed by atoms with Gasteiger partial charge in [-0.05, 0) is 134 Å². The molecule has 0 bridgehead atoms. The highest BCUT2D eigenvalue weighted by atomic mass is 16.5. The summed E-state index contributed by atoms with van der Waals surface area (Å²) in [5, 5.41) is 2.12. The molecule has 0 fully saturated rings. The molecule has 0 radical (unpaired) electrons. The zero-order chi connectivity index (χ0) is 57.4. The molecule has 0 aliphatic heterocycles. The first-order valence-corrected chi connectivity index (χ1v) is 24.2. The maximum Gasteiger partial charge on any atom is 0.269 e. The van der Waals surface area contributed by atoms with Crippen LogP contribution in [-0.2, 0) is 16.2 Å². The fraction of sp³-hybridized carbons (Fsp3) is 0.182. The molecular formula is C66H58N4O. The molecule has 71 heavy (non-hydrogen) atoms. The Morgan fingerprint density at radius 1 is 0.577 bits per heavy atom. The second kappa shape index (κ2) is 16.8. The van der Waals surface area contributed by atoms with E-state index in [1.165, 1.54) is 11.1 Å². The topological polar surface area (TPSA) is 35.9 Å². The van der Waals surface area contributed by atoms with Crippen molar-refractivity contribution in [3.63, 3.8) is 0 Å². The van der Waals surface area contributed by atoms with E-state index in [-0.39, 0.29) is 44.2 Å². The fourth-order valence-corrected chi connectivity index (χ4v) is 10.5. The van der Waals surface area contributed by atoms with Crippen LogP contribution in [0.25, 0.3) is 83.4 Å². The molecule has 11 aromatic rings. The lowest BCUT2D eigenvalue weighted by molar-refractivity contribution is -0.571. The molecule has 348 valence electrons. The molecule has 8 aromatic carbocycles.